The second-order valence-electron chi connectivity index (χ2n) is 2.98. The van der Waals surface area contributed by atoms with Crippen molar-refractivity contribution in [3.8, 4) is 0 Å². The third kappa shape index (κ3) is 1.32. The van der Waals surface area contributed by atoms with E-state index < -0.39 is 0 Å². The van der Waals surface area contributed by atoms with Gasteiger partial charge in [0.15, 0.2) is 0 Å². The van der Waals surface area contributed by atoms with Gasteiger partial charge in [-0.05, 0) is 24.8 Å². The molecule has 2 N–H and O–H groups in total. The third-order valence-electron chi connectivity index (χ3n) is 2.14. The predicted molar refractivity (Wildman–Crippen MR) is 62.8 cm³/mol. The lowest BCUT2D eigenvalue weighted by Crippen LogP contribution is -1.83. The van der Waals surface area contributed by atoms with Gasteiger partial charge in [0.2, 0.25) is 0 Å². The maximum Gasteiger partial charge on any atom is 0.0505 e. The second kappa shape index (κ2) is 3.24. The summed E-state index contributed by atoms with van der Waals surface area (Å²) < 4.78 is 1.32. The standard InChI is InChI=1S/C10H11NS2/c1-6-3-4-8(12-2)10-9(6)7(11)5-13-10/h3-5H,11H2,1-2H3. The fraction of sp³-hybridized carbons (Fsp3) is 0.200. The van der Waals surface area contributed by atoms with Crippen molar-refractivity contribution < 1.29 is 0 Å². The number of hydrogen-bond acceptors (Lipinski definition) is 3. The summed E-state index contributed by atoms with van der Waals surface area (Å²) in [6.07, 6.45) is 2.10. The molecule has 0 unspecified atom stereocenters. The van der Waals surface area contributed by atoms with E-state index in [9.17, 15) is 0 Å². The average Bonchev–Trinajstić information content (AvgIpc) is 2.50. The van der Waals surface area contributed by atoms with Gasteiger partial charge in [-0.3, -0.25) is 0 Å². The van der Waals surface area contributed by atoms with Gasteiger partial charge in [-0.2, -0.15) is 0 Å². The molecule has 0 radical (unpaired) electrons. The van der Waals surface area contributed by atoms with E-state index in [2.05, 4.69) is 25.3 Å². The van der Waals surface area contributed by atoms with Crippen LogP contribution in [-0.4, -0.2) is 6.26 Å². The molecule has 0 spiro atoms. The molecule has 13 heavy (non-hydrogen) atoms. The van der Waals surface area contributed by atoms with Gasteiger partial charge < -0.3 is 5.73 Å². The molecule has 0 aliphatic carbocycles. The molecule has 1 nitrogen and oxygen atoms in total. The largest absolute Gasteiger partial charge is 0.398 e. The van der Waals surface area contributed by atoms with Gasteiger partial charge in [-0.1, -0.05) is 6.07 Å². The van der Waals surface area contributed by atoms with Gasteiger partial charge in [0, 0.05) is 15.7 Å². The first kappa shape index (κ1) is 8.91. The van der Waals surface area contributed by atoms with Crippen LogP contribution in [0.2, 0.25) is 0 Å². The fourth-order valence-corrected chi connectivity index (χ4v) is 3.31. The zero-order valence-corrected chi connectivity index (χ0v) is 9.26. The van der Waals surface area contributed by atoms with E-state index in [4.69, 9.17) is 5.73 Å². The molecule has 0 aliphatic rings. The monoisotopic (exact) mass is 209 g/mol. The van der Waals surface area contributed by atoms with Gasteiger partial charge in [0.1, 0.15) is 0 Å². The molecule has 0 saturated heterocycles. The van der Waals surface area contributed by atoms with E-state index in [-0.39, 0.29) is 0 Å². The maximum atomic E-state index is 5.90. The van der Waals surface area contributed by atoms with Crippen LogP contribution in [-0.2, 0) is 0 Å². The minimum atomic E-state index is 0.911. The number of rotatable bonds is 1. The normalized spacial score (nSPS) is 10.9. The summed E-state index contributed by atoms with van der Waals surface area (Å²) in [5.41, 5.74) is 8.08. The molecule has 2 aromatic rings. The first-order valence-corrected chi connectivity index (χ1v) is 6.14. The Kier molecular flexibility index (Phi) is 2.22. The van der Waals surface area contributed by atoms with Crippen molar-refractivity contribution in [2.45, 2.75) is 11.8 Å². The number of nitrogens with two attached hydrogens (primary N) is 1. The van der Waals surface area contributed by atoms with Crippen molar-refractivity contribution in [2.75, 3.05) is 12.0 Å². The highest BCUT2D eigenvalue weighted by molar-refractivity contribution is 7.99. The Balaban J connectivity index is 2.87. The van der Waals surface area contributed by atoms with Crippen molar-refractivity contribution in [2.24, 2.45) is 0 Å². The predicted octanol–water partition coefficient (Wildman–Crippen LogP) is 3.51. The highest BCUT2D eigenvalue weighted by Crippen LogP contribution is 2.36. The molecule has 0 atom stereocenters. The van der Waals surface area contributed by atoms with Crippen molar-refractivity contribution >= 4 is 38.9 Å². The highest BCUT2D eigenvalue weighted by atomic mass is 32.2. The topological polar surface area (TPSA) is 26.0 Å². The number of anilines is 1. The Hall–Kier alpha value is -0.670. The quantitative estimate of drug-likeness (QED) is 0.727. The van der Waals surface area contributed by atoms with E-state index in [1.54, 1.807) is 23.1 Å². The van der Waals surface area contributed by atoms with Crippen LogP contribution in [0.5, 0.6) is 0 Å². The van der Waals surface area contributed by atoms with Gasteiger partial charge in [0.05, 0.1) is 10.4 Å². The van der Waals surface area contributed by atoms with Crippen LogP contribution in [0.3, 0.4) is 0 Å². The molecular formula is C10H11NS2. The van der Waals surface area contributed by atoms with E-state index in [1.165, 1.54) is 20.5 Å². The van der Waals surface area contributed by atoms with Crippen LogP contribution in [0.25, 0.3) is 10.1 Å². The number of aryl methyl sites for hydroxylation is 1. The number of fused-ring (bicyclic) bond motifs is 1. The first-order chi connectivity index (χ1) is 6.24. The summed E-state index contributed by atoms with van der Waals surface area (Å²) in [5.74, 6) is 0. The van der Waals surface area contributed by atoms with Gasteiger partial charge in [-0.15, -0.1) is 23.1 Å². The van der Waals surface area contributed by atoms with Crippen molar-refractivity contribution in [1.82, 2.24) is 0 Å². The van der Waals surface area contributed by atoms with Crippen LogP contribution in [0.15, 0.2) is 22.4 Å². The SMILES string of the molecule is CSc1ccc(C)c2c(N)csc12. The lowest BCUT2D eigenvalue weighted by molar-refractivity contribution is 1.48. The average molecular weight is 209 g/mol. The van der Waals surface area contributed by atoms with Crippen LogP contribution < -0.4 is 5.73 Å². The Bertz CT molecular complexity index is 445. The Morgan fingerprint density at radius 1 is 1.38 bits per heavy atom. The minimum Gasteiger partial charge on any atom is -0.398 e. The lowest BCUT2D eigenvalue weighted by atomic mass is 10.1. The Morgan fingerprint density at radius 2 is 2.15 bits per heavy atom. The summed E-state index contributed by atoms with van der Waals surface area (Å²) in [5, 5.41) is 3.26. The van der Waals surface area contributed by atoms with Crippen LogP contribution in [0, 0.1) is 6.92 Å². The third-order valence-corrected chi connectivity index (χ3v) is 4.08. The zero-order chi connectivity index (χ0) is 9.42. The number of nitrogen functional groups attached to an aromatic ring is 1. The summed E-state index contributed by atoms with van der Waals surface area (Å²) in [4.78, 5) is 1.32. The number of thioether (sulfide) groups is 1. The molecule has 3 heteroatoms. The Morgan fingerprint density at radius 3 is 2.85 bits per heavy atom. The summed E-state index contributed by atoms with van der Waals surface area (Å²) >= 11 is 3.51. The lowest BCUT2D eigenvalue weighted by Gasteiger charge is -2.02. The molecule has 1 aromatic heterocycles. The smallest absolute Gasteiger partial charge is 0.0505 e. The number of hydrogen-bond donors (Lipinski definition) is 1. The highest BCUT2D eigenvalue weighted by Gasteiger charge is 2.07. The van der Waals surface area contributed by atoms with Crippen LogP contribution >= 0.6 is 23.1 Å². The molecule has 0 saturated carbocycles. The van der Waals surface area contributed by atoms with E-state index in [0.29, 0.717) is 0 Å². The molecule has 0 bridgehead atoms. The minimum absolute atomic E-state index is 0.911. The molecule has 1 aromatic carbocycles. The van der Waals surface area contributed by atoms with Gasteiger partial charge >= 0.3 is 0 Å². The molecule has 0 aliphatic heterocycles. The molecule has 68 valence electrons. The molecule has 0 amide bonds. The molecule has 1 heterocycles. The maximum absolute atomic E-state index is 5.90. The molecule has 0 fully saturated rings. The first-order valence-electron chi connectivity index (χ1n) is 4.04. The number of thiophene rings is 1. The second-order valence-corrected chi connectivity index (χ2v) is 4.71. The van der Waals surface area contributed by atoms with Crippen LogP contribution in [0.1, 0.15) is 5.56 Å². The number of benzene rings is 1. The summed E-state index contributed by atoms with van der Waals surface area (Å²) in [7, 11) is 0. The Labute approximate surface area is 85.9 Å². The van der Waals surface area contributed by atoms with E-state index >= 15 is 0 Å². The zero-order valence-electron chi connectivity index (χ0n) is 7.63. The molecular weight excluding hydrogens is 198 g/mol. The van der Waals surface area contributed by atoms with E-state index in [1.807, 2.05) is 5.38 Å². The summed E-state index contributed by atoms with van der Waals surface area (Å²) in [6, 6.07) is 4.30. The summed E-state index contributed by atoms with van der Waals surface area (Å²) in [6.45, 7) is 2.11. The molecule has 2 rings (SSSR count). The fourth-order valence-electron chi connectivity index (χ4n) is 1.48. The van der Waals surface area contributed by atoms with E-state index in [0.717, 1.165) is 5.69 Å². The van der Waals surface area contributed by atoms with Gasteiger partial charge in [0.25, 0.3) is 0 Å². The van der Waals surface area contributed by atoms with Crippen LogP contribution in [0.4, 0.5) is 5.69 Å². The van der Waals surface area contributed by atoms with Crippen molar-refractivity contribution in [1.29, 1.82) is 0 Å². The van der Waals surface area contributed by atoms with Crippen molar-refractivity contribution in [3.63, 3.8) is 0 Å². The van der Waals surface area contributed by atoms with Gasteiger partial charge in [-0.25, -0.2) is 0 Å². The van der Waals surface area contributed by atoms with Crippen molar-refractivity contribution in [3.05, 3.63) is 23.1 Å².